The molecule has 14 rings (SSSR count). The minimum atomic E-state index is 0.466. The predicted molar refractivity (Wildman–Crippen MR) is 319 cm³/mol. The van der Waals surface area contributed by atoms with Crippen LogP contribution in [0.3, 0.4) is 0 Å². The highest BCUT2D eigenvalue weighted by atomic mass is 16.3. The highest BCUT2D eigenvalue weighted by molar-refractivity contribution is 6.11. The first kappa shape index (κ1) is 48.5. The van der Waals surface area contributed by atoms with Crippen molar-refractivity contribution in [3.8, 4) is 51.0 Å². The van der Waals surface area contributed by atoms with E-state index in [0.717, 1.165) is 108 Å². The van der Waals surface area contributed by atoms with Crippen molar-refractivity contribution in [3.63, 3.8) is 0 Å². The number of aromatic nitrogens is 4. The van der Waals surface area contributed by atoms with Gasteiger partial charge in [-0.1, -0.05) is 181 Å². The molecule has 4 fully saturated rings. The first-order valence-electron chi connectivity index (χ1n) is 29.6. The van der Waals surface area contributed by atoms with Gasteiger partial charge in [-0.3, -0.25) is 0 Å². The first-order chi connectivity index (χ1) is 37.6. The second kappa shape index (κ2) is 19.3. The fraction of sp³-hybridized carbons (Fsp3) is 0.375. The number of hydrogen-bond acceptors (Lipinski definition) is 4. The zero-order chi connectivity index (χ0) is 52.0. The monoisotopic (exact) mass is 1010 g/mol. The molecule has 0 radical (unpaired) electrons. The van der Waals surface area contributed by atoms with Crippen LogP contribution in [0.4, 0.5) is 0 Å². The largest absolute Gasteiger partial charge is 0.455 e. The third-order valence-corrected chi connectivity index (χ3v) is 20.9. The topological polar surface area (TPSA) is 56.7 Å². The summed E-state index contributed by atoms with van der Waals surface area (Å²) >= 11 is 0. The van der Waals surface area contributed by atoms with E-state index in [2.05, 4.69) is 197 Å². The molecule has 0 spiro atoms. The van der Waals surface area contributed by atoms with Crippen LogP contribution in [0.1, 0.15) is 123 Å². The number of para-hydroxylation sites is 4. The summed E-state index contributed by atoms with van der Waals surface area (Å²) in [5.41, 5.74) is 12.5. The molecule has 9 atom stereocenters. The van der Waals surface area contributed by atoms with E-state index in [1.165, 1.54) is 93.4 Å². The van der Waals surface area contributed by atoms with Crippen LogP contribution >= 0.6 is 0 Å². The molecular formula is C72H74N4O. The Morgan fingerprint density at radius 1 is 0.532 bits per heavy atom. The predicted octanol–water partition coefficient (Wildman–Crippen LogP) is 19.7. The molecule has 4 aliphatic rings. The third-order valence-electron chi connectivity index (χ3n) is 20.9. The maximum Gasteiger partial charge on any atom is 0.164 e. The van der Waals surface area contributed by atoms with Crippen LogP contribution < -0.4 is 0 Å². The van der Waals surface area contributed by atoms with Gasteiger partial charge in [-0.25, -0.2) is 15.0 Å². The van der Waals surface area contributed by atoms with E-state index >= 15 is 0 Å². The molecule has 2 unspecified atom stereocenters. The minimum Gasteiger partial charge on any atom is -0.455 e. The fourth-order valence-electron chi connectivity index (χ4n) is 17.0. The lowest BCUT2D eigenvalue weighted by atomic mass is 9.43. The molecule has 0 aliphatic heterocycles. The van der Waals surface area contributed by atoms with Crippen molar-refractivity contribution in [2.45, 2.75) is 118 Å². The molecule has 0 saturated heterocycles. The van der Waals surface area contributed by atoms with Crippen molar-refractivity contribution < 1.29 is 4.42 Å². The number of fused-ring (bicyclic) bond motifs is 11. The Kier molecular flexibility index (Phi) is 12.1. The molecule has 4 aliphatic carbocycles. The van der Waals surface area contributed by atoms with E-state index in [-0.39, 0.29) is 0 Å². The Labute approximate surface area is 455 Å². The Hall–Kier alpha value is -6.85. The zero-order valence-electron chi connectivity index (χ0n) is 45.9. The van der Waals surface area contributed by atoms with E-state index in [1.54, 1.807) is 0 Å². The Bertz CT molecular complexity index is 3760. The summed E-state index contributed by atoms with van der Waals surface area (Å²) < 4.78 is 9.10. The van der Waals surface area contributed by atoms with E-state index in [4.69, 9.17) is 19.4 Å². The molecule has 3 heterocycles. The zero-order valence-corrected chi connectivity index (χ0v) is 45.9. The lowest BCUT2D eigenvalue weighted by Gasteiger charge is -2.61. The number of rotatable bonds is 11. The van der Waals surface area contributed by atoms with Crippen molar-refractivity contribution in [1.29, 1.82) is 0 Å². The Morgan fingerprint density at radius 3 is 1.90 bits per heavy atom. The summed E-state index contributed by atoms with van der Waals surface area (Å²) in [6.45, 7) is 12.9. The molecule has 5 nitrogen and oxygen atoms in total. The Balaban J connectivity index is 0.796. The van der Waals surface area contributed by atoms with Gasteiger partial charge in [0.1, 0.15) is 11.2 Å². The van der Waals surface area contributed by atoms with Crippen LogP contribution in [0.15, 0.2) is 168 Å². The number of hydrogen-bond donors (Lipinski definition) is 0. The van der Waals surface area contributed by atoms with Crippen LogP contribution in [0, 0.1) is 52.3 Å². The molecule has 3 aromatic heterocycles. The van der Waals surface area contributed by atoms with Gasteiger partial charge in [-0.2, -0.15) is 0 Å². The van der Waals surface area contributed by atoms with Crippen LogP contribution in [-0.2, 0) is 0 Å². The number of benzene rings is 7. The molecule has 0 amide bonds. The first-order valence-corrected chi connectivity index (χ1v) is 29.6. The molecule has 0 N–H and O–H groups in total. The minimum absolute atomic E-state index is 0.466. The number of nitrogens with zero attached hydrogens (tertiary/aromatic N) is 4. The number of furan rings is 1. The van der Waals surface area contributed by atoms with Gasteiger partial charge in [-0.15, -0.1) is 0 Å². The van der Waals surface area contributed by atoms with Gasteiger partial charge in [0.2, 0.25) is 0 Å². The van der Waals surface area contributed by atoms with Crippen LogP contribution in [0.2, 0.25) is 0 Å². The molecule has 7 aromatic carbocycles. The van der Waals surface area contributed by atoms with Crippen LogP contribution in [0.5, 0.6) is 0 Å². The molecule has 0 bridgehead atoms. The van der Waals surface area contributed by atoms with Crippen molar-refractivity contribution in [2.24, 2.45) is 52.3 Å². The molecule has 10 aromatic rings. The summed E-state index contributed by atoms with van der Waals surface area (Å²) in [4.78, 5) is 16.0. The van der Waals surface area contributed by atoms with Crippen LogP contribution in [-0.4, -0.2) is 19.5 Å². The van der Waals surface area contributed by atoms with E-state index in [9.17, 15) is 0 Å². The highest BCUT2D eigenvalue weighted by Crippen LogP contribution is 2.69. The van der Waals surface area contributed by atoms with Gasteiger partial charge in [0.05, 0.1) is 11.0 Å². The summed E-state index contributed by atoms with van der Waals surface area (Å²) in [5, 5.41) is 4.64. The van der Waals surface area contributed by atoms with Gasteiger partial charge < -0.3 is 8.98 Å². The lowest BCUT2D eigenvalue weighted by Crippen LogP contribution is -2.53. The van der Waals surface area contributed by atoms with E-state index in [1.807, 2.05) is 6.07 Å². The Morgan fingerprint density at radius 2 is 1.16 bits per heavy atom. The summed E-state index contributed by atoms with van der Waals surface area (Å²) in [7, 11) is 0. The SMILES string of the molecule is CC(C)CCC[C@@H](C)[C@H]1CC[C@H]2C3CC[C@H]4CC(c5ccc(-c6nc(-c7ccccc7)nc(-c7cc(-c8cccc9c8oc8ccccc89)cc(-n8c9ccccc9c9ccccc98)c7)n6)cc5)CC[C@]4(C)[C@H]3CC[C@]12C. The van der Waals surface area contributed by atoms with Crippen molar-refractivity contribution in [1.82, 2.24) is 19.5 Å². The fourth-order valence-corrected chi connectivity index (χ4v) is 17.0. The second-order valence-corrected chi connectivity index (χ2v) is 25.4. The van der Waals surface area contributed by atoms with Gasteiger partial charge in [0.15, 0.2) is 17.5 Å². The normalized spacial score (nSPS) is 25.6. The van der Waals surface area contributed by atoms with Crippen molar-refractivity contribution in [2.75, 3.05) is 0 Å². The standard InChI is InChI=1S/C72H74N4O/c1-45(2)17-15-18-46(3)61-35-36-62-60-34-33-53-42-50(37-39-71(53,4)63(60)38-40-72(61,62)5)47-29-31-49(32-30-47)69-73-68(48-19-7-6-8-20-48)74-70(75-69)52-41-51(55-24-16-25-59-58-23-11-14-28-66(58)77-67(55)59)43-54(44-52)76-64-26-12-9-21-56(64)57-22-10-13-27-65(57)76/h6-14,16,19-32,41,43-46,50,53,60-63H,15,17-18,33-40,42H2,1-5H3/t46-,50?,53+,60?,61-,62+,63+,71+,72-/m1/s1. The molecule has 5 heteroatoms. The summed E-state index contributed by atoms with van der Waals surface area (Å²) in [6, 6.07) is 58.8. The molecular weight excluding hydrogens is 937 g/mol. The summed E-state index contributed by atoms with van der Waals surface area (Å²) in [5.74, 6) is 8.73. The van der Waals surface area contributed by atoms with Crippen molar-refractivity contribution in [3.05, 3.63) is 169 Å². The average Bonchev–Trinajstić information content (AvgIpc) is 4.32. The second-order valence-electron chi connectivity index (χ2n) is 25.4. The van der Waals surface area contributed by atoms with Crippen molar-refractivity contribution >= 4 is 43.7 Å². The van der Waals surface area contributed by atoms with E-state index in [0.29, 0.717) is 34.2 Å². The van der Waals surface area contributed by atoms with Gasteiger partial charge in [0.25, 0.3) is 0 Å². The van der Waals surface area contributed by atoms with Gasteiger partial charge in [-0.05, 0) is 163 Å². The average molecular weight is 1010 g/mol. The van der Waals surface area contributed by atoms with Gasteiger partial charge in [0, 0.05) is 49.5 Å². The smallest absolute Gasteiger partial charge is 0.164 e. The maximum absolute atomic E-state index is 6.71. The quantitative estimate of drug-likeness (QED) is 0.130. The third kappa shape index (κ3) is 8.27. The molecule has 388 valence electrons. The summed E-state index contributed by atoms with van der Waals surface area (Å²) in [6.07, 6.45) is 16.9. The van der Waals surface area contributed by atoms with Gasteiger partial charge >= 0.3 is 0 Å². The van der Waals surface area contributed by atoms with Crippen LogP contribution in [0.25, 0.3) is 94.7 Å². The molecule has 4 saturated carbocycles. The highest BCUT2D eigenvalue weighted by Gasteiger charge is 2.60. The lowest BCUT2D eigenvalue weighted by molar-refractivity contribution is -0.117. The molecule has 77 heavy (non-hydrogen) atoms. The maximum atomic E-state index is 6.71. The van der Waals surface area contributed by atoms with E-state index < -0.39 is 0 Å².